The third-order valence-electron chi connectivity index (χ3n) is 3.23. The van der Waals surface area contributed by atoms with Crippen molar-refractivity contribution in [1.82, 2.24) is 5.48 Å². The number of carbonyl (C=O) groups excluding carboxylic acids is 1. The van der Waals surface area contributed by atoms with Crippen LogP contribution in [-0.4, -0.2) is 5.97 Å². The minimum Gasteiger partial charge on any atom is -0.489 e. The average Bonchev–Trinajstić information content (AvgIpc) is 2.54. The third kappa shape index (κ3) is 5.75. The summed E-state index contributed by atoms with van der Waals surface area (Å²) in [5.41, 5.74) is 4.33. The monoisotopic (exact) mass is 313 g/mol. The lowest BCUT2D eigenvalue weighted by Gasteiger charge is -2.16. The molecule has 2 aromatic carbocycles. The first-order chi connectivity index (χ1) is 10.9. The zero-order valence-electron chi connectivity index (χ0n) is 13.8. The maximum atomic E-state index is 11.6. The summed E-state index contributed by atoms with van der Waals surface area (Å²) in [5.74, 6) is 0.532. The van der Waals surface area contributed by atoms with Crippen LogP contribution in [0.5, 0.6) is 5.75 Å². The lowest BCUT2D eigenvalue weighted by atomic mass is 9.98. The molecule has 23 heavy (non-hydrogen) atoms. The van der Waals surface area contributed by atoms with Gasteiger partial charge in [0.05, 0.1) is 12.0 Å². The predicted molar refractivity (Wildman–Crippen MR) is 89.6 cm³/mol. The SMILES string of the molecule is CC(C)(C)C(=O)ONCc1ccc(OCc2ccccc2)cc1. The lowest BCUT2D eigenvalue weighted by molar-refractivity contribution is -0.161. The fourth-order valence-electron chi connectivity index (χ4n) is 1.78. The van der Waals surface area contributed by atoms with Crippen molar-refractivity contribution in [3.8, 4) is 5.75 Å². The van der Waals surface area contributed by atoms with Crippen LogP contribution < -0.4 is 10.2 Å². The highest BCUT2D eigenvalue weighted by Crippen LogP contribution is 2.16. The van der Waals surface area contributed by atoms with Crippen LogP contribution in [0.15, 0.2) is 54.6 Å². The zero-order valence-corrected chi connectivity index (χ0v) is 13.8. The Labute approximate surface area is 137 Å². The van der Waals surface area contributed by atoms with E-state index < -0.39 is 5.41 Å². The van der Waals surface area contributed by atoms with E-state index in [-0.39, 0.29) is 5.97 Å². The van der Waals surface area contributed by atoms with Crippen molar-refractivity contribution in [2.45, 2.75) is 33.9 Å². The van der Waals surface area contributed by atoms with Crippen LogP contribution in [0.25, 0.3) is 0 Å². The van der Waals surface area contributed by atoms with Gasteiger partial charge in [-0.2, -0.15) is 0 Å². The van der Waals surface area contributed by atoms with Crippen LogP contribution in [0.2, 0.25) is 0 Å². The van der Waals surface area contributed by atoms with E-state index in [0.29, 0.717) is 13.2 Å². The molecule has 2 aromatic rings. The molecule has 4 heteroatoms. The van der Waals surface area contributed by atoms with Gasteiger partial charge in [0.15, 0.2) is 0 Å². The minimum atomic E-state index is -0.512. The number of hydrogen-bond donors (Lipinski definition) is 1. The maximum Gasteiger partial charge on any atom is 0.329 e. The van der Waals surface area contributed by atoms with Crippen molar-refractivity contribution in [2.75, 3.05) is 0 Å². The topological polar surface area (TPSA) is 47.6 Å². The Hall–Kier alpha value is -2.33. The van der Waals surface area contributed by atoms with Gasteiger partial charge in [-0.15, -0.1) is 5.48 Å². The molecule has 0 atom stereocenters. The van der Waals surface area contributed by atoms with Gasteiger partial charge in [-0.05, 0) is 44.0 Å². The van der Waals surface area contributed by atoms with Gasteiger partial charge in [-0.3, -0.25) is 0 Å². The van der Waals surface area contributed by atoms with Gasteiger partial charge in [-0.1, -0.05) is 42.5 Å². The number of rotatable bonds is 6. The van der Waals surface area contributed by atoms with Crippen LogP contribution in [0.3, 0.4) is 0 Å². The molecular weight excluding hydrogens is 290 g/mol. The Morgan fingerprint density at radius 2 is 1.61 bits per heavy atom. The van der Waals surface area contributed by atoms with Crippen molar-refractivity contribution < 1.29 is 14.4 Å². The van der Waals surface area contributed by atoms with E-state index in [9.17, 15) is 4.79 Å². The Morgan fingerprint density at radius 3 is 2.22 bits per heavy atom. The molecule has 0 aliphatic carbocycles. The fraction of sp³-hybridized carbons (Fsp3) is 0.316. The summed E-state index contributed by atoms with van der Waals surface area (Å²) in [6.07, 6.45) is 0. The maximum absolute atomic E-state index is 11.6. The largest absolute Gasteiger partial charge is 0.489 e. The summed E-state index contributed by atoms with van der Waals surface area (Å²) in [7, 11) is 0. The molecular formula is C19H23NO3. The van der Waals surface area contributed by atoms with Gasteiger partial charge in [0, 0.05) is 0 Å². The second-order valence-corrected chi connectivity index (χ2v) is 6.38. The van der Waals surface area contributed by atoms with Crippen molar-refractivity contribution in [3.05, 3.63) is 65.7 Å². The lowest BCUT2D eigenvalue weighted by Crippen LogP contribution is -2.29. The van der Waals surface area contributed by atoms with E-state index in [4.69, 9.17) is 9.57 Å². The van der Waals surface area contributed by atoms with Gasteiger partial charge in [-0.25, -0.2) is 4.79 Å². The minimum absolute atomic E-state index is 0.277. The van der Waals surface area contributed by atoms with Crippen LogP contribution in [0, 0.1) is 5.41 Å². The molecule has 0 fully saturated rings. The zero-order chi connectivity index (χ0) is 16.7. The fourth-order valence-corrected chi connectivity index (χ4v) is 1.78. The molecule has 0 aliphatic rings. The molecule has 4 nitrogen and oxygen atoms in total. The standard InChI is InChI=1S/C19H23NO3/c1-19(2,3)18(21)23-20-13-15-9-11-17(12-10-15)22-14-16-7-5-4-6-8-16/h4-12,20H,13-14H2,1-3H3. The van der Waals surface area contributed by atoms with Gasteiger partial charge in [0.1, 0.15) is 12.4 Å². The van der Waals surface area contributed by atoms with Gasteiger partial charge in [0.25, 0.3) is 0 Å². The first-order valence-corrected chi connectivity index (χ1v) is 7.65. The van der Waals surface area contributed by atoms with E-state index in [1.54, 1.807) is 0 Å². The summed E-state index contributed by atoms with van der Waals surface area (Å²) in [5, 5.41) is 0. The molecule has 0 amide bonds. The van der Waals surface area contributed by atoms with E-state index in [1.165, 1.54) is 0 Å². The summed E-state index contributed by atoms with van der Waals surface area (Å²) in [6, 6.07) is 17.7. The highest BCUT2D eigenvalue weighted by Gasteiger charge is 2.23. The molecule has 122 valence electrons. The Balaban J connectivity index is 1.77. The average molecular weight is 313 g/mol. The molecule has 0 aliphatic heterocycles. The molecule has 0 saturated heterocycles. The van der Waals surface area contributed by atoms with Crippen molar-refractivity contribution >= 4 is 5.97 Å². The van der Waals surface area contributed by atoms with E-state index in [1.807, 2.05) is 75.4 Å². The second-order valence-electron chi connectivity index (χ2n) is 6.38. The molecule has 0 aromatic heterocycles. The van der Waals surface area contributed by atoms with E-state index >= 15 is 0 Å². The molecule has 1 N–H and O–H groups in total. The number of hydroxylamine groups is 1. The molecule has 0 radical (unpaired) electrons. The first-order valence-electron chi connectivity index (χ1n) is 7.65. The third-order valence-corrected chi connectivity index (χ3v) is 3.23. The molecule has 2 rings (SSSR count). The van der Waals surface area contributed by atoms with Gasteiger partial charge >= 0.3 is 5.97 Å². The predicted octanol–water partition coefficient (Wildman–Crippen LogP) is 3.86. The van der Waals surface area contributed by atoms with E-state index in [0.717, 1.165) is 16.9 Å². The molecule has 0 bridgehead atoms. The summed E-state index contributed by atoms with van der Waals surface area (Å²) in [6.45, 7) is 6.45. The smallest absolute Gasteiger partial charge is 0.329 e. The number of hydrogen-bond acceptors (Lipinski definition) is 4. The number of carbonyl (C=O) groups is 1. The number of benzene rings is 2. The van der Waals surface area contributed by atoms with Crippen molar-refractivity contribution in [1.29, 1.82) is 0 Å². The highest BCUT2D eigenvalue weighted by molar-refractivity contribution is 5.75. The van der Waals surface area contributed by atoms with Crippen LogP contribution in [-0.2, 0) is 22.8 Å². The number of ether oxygens (including phenoxy) is 1. The highest BCUT2D eigenvalue weighted by atomic mass is 16.7. The first kappa shape index (κ1) is 17.0. The molecule has 0 unspecified atom stereocenters. The Kier molecular flexibility index (Phi) is 5.77. The summed E-state index contributed by atoms with van der Waals surface area (Å²) in [4.78, 5) is 16.6. The Morgan fingerprint density at radius 1 is 0.957 bits per heavy atom. The quantitative estimate of drug-likeness (QED) is 0.823. The second kappa shape index (κ2) is 7.79. The molecule has 0 saturated carbocycles. The van der Waals surface area contributed by atoms with Crippen LogP contribution in [0.4, 0.5) is 0 Å². The normalized spacial score (nSPS) is 11.1. The van der Waals surface area contributed by atoms with Crippen molar-refractivity contribution in [2.24, 2.45) is 5.41 Å². The number of nitrogens with one attached hydrogen (secondary N) is 1. The van der Waals surface area contributed by atoms with Gasteiger partial charge in [0.2, 0.25) is 0 Å². The van der Waals surface area contributed by atoms with Gasteiger partial charge < -0.3 is 9.57 Å². The summed E-state index contributed by atoms with van der Waals surface area (Å²) >= 11 is 0. The van der Waals surface area contributed by atoms with E-state index in [2.05, 4.69) is 5.48 Å². The Bertz CT molecular complexity index is 615. The van der Waals surface area contributed by atoms with Crippen molar-refractivity contribution in [3.63, 3.8) is 0 Å². The van der Waals surface area contributed by atoms with Crippen LogP contribution in [0.1, 0.15) is 31.9 Å². The molecule has 0 spiro atoms. The van der Waals surface area contributed by atoms with Crippen LogP contribution >= 0.6 is 0 Å². The summed E-state index contributed by atoms with van der Waals surface area (Å²) < 4.78 is 5.73. The molecule has 0 heterocycles.